The molecule has 0 heterocycles. The number of nitrogens with zero attached hydrogens (tertiary/aromatic N) is 1. The molecule has 22 heavy (non-hydrogen) atoms. The molecule has 0 amide bonds. The number of phenols is 1. The fourth-order valence-electron chi connectivity index (χ4n) is 2.03. The first-order valence-corrected chi connectivity index (χ1v) is 7.82. The van der Waals surface area contributed by atoms with Gasteiger partial charge in [0.05, 0.1) is 11.6 Å². The molecule has 3 nitrogen and oxygen atoms in total. The zero-order chi connectivity index (χ0) is 16.3. The summed E-state index contributed by atoms with van der Waals surface area (Å²) in [7, 11) is 1.61. The van der Waals surface area contributed by atoms with Gasteiger partial charge in [-0.2, -0.15) is 0 Å². The molecule has 0 unspecified atom stereocenters. The van der Waals surface area contributed by atoms with E-state index in [9.17, 15) is 5.11 Å². The summed E-state index contributed by atoms with van der Waals surface area (Å²) >= 11 is 3.41. The lowest BCUT2D eigenvalue weighted by molar-refractivity contribution is 0.416. The summed E-state index contributed by atoms with van der Waals surface area (Å²) in [5.41, 5.74) is 2.51. The Morgan fingerprint density at radius 3 is 2.50 bits per heavy atom. The van der Waals surface area contributed by atoms with Gasteiger partial charge in [-0.05, 0) is 51.2 Å². The third-order valence-electron chi connectivity index (χ3n) is 3.39. The molecule has 0 aliphatic rings. The SMILES string of the molecule is COc1ccccc1N=Cc1cc(C(C)(C)C)cc(Br)c1O. The van der Waals surface area contributed by atoms with E-state index < -0.39 is 0 Å². The van der Waals surface area contributed by atoms with Crippen LogP contribution >= 0.6 is 15.9 Å². The molecule has 0 aromatic heterocycles. The lowest BCUT2D eigenvalue weighted by Gasteiger charge is -2.20. The van der Waals surface area contributed by atoms with E-state index in [1.54, 1.807) is 13.3 Å². The number of hydrogen-bond donors (Lipinski definition) is 1. The van der Waals surface area contributed by atoms with Crippen molar-refractivity contribution in [1.29, 1.82) is 0 Å². The van der Waals surface area contributed by atoms with Gasteiger partial charge >= 0.3 is 0 Å². The minimum atomic E-state index is -0.0107. The Kier molecular flexibility index (Phi) is 4.91. The number of halogens is 1. The van der Waals surface area contributed by atoms with Crippen molar-refractivity contribution >= 4 is 27.8 Å². The smallest absolute Gasteiger partial charge is 0.144 e. The van der Waals surface area contributed by atoms with E-state index in [4.69, 9.17) is 4.74 Å². The van der Waals surface area contributed by atoms with Crippen LogP contribution in [0.3, 0.4) is 0 Å². The predicted molar refractivity (Wildman–Crippen MR) is 94.8 cm³/mol. The van der Waals surface area contributed by atoms with Crippen molar-refractivity contribution < 1.29 is 9.84 Å². The van der Waals surface area contributed by atoms with Crippen LogP contribution in [0.4, 0.5) is 5.69 Å². The maximum atomic E-state index is 10.2. The third kappa shape index (κ3) is 3.69. The first-order chi connectivity index (χ1) is 10.3. The minimum Gasteiger partial charge on any atom is -0.506 e. The van der Waals surface area contributed by atoms with Crippen molar-refractivity contribution in [2.45, 2.75) is 26.2 Å². The first-order valence-electron chi connectivity index (χ1n) is 7.03. The molecule has 1 N–H and O–H groups in total. The van der Waals surface area contributed by atoms with Crippen LogP contribution in [0, 0.1) is 0 Å². The number of methoxy groups -OCH3 is 1. The largest absolute Gasteiger partial charge is 0.506 e. The molecule has 0 aliphatic carbocycles. The summed E-state index contributed by atoms with van der Waals surface area (Å²) in [5.74, 6) is 0.885. The van der Waals surface area contributed by atoms with Crippen LogP contribution in [0.2, 0.25) is 0 Å². The van der Waals surface area contributed by atoms with Crippen molar-refractivity contribution in [2.75, 3.05) is 7.11 Å². The van der Waals surface area contributed by atoms with E-state index >= 15 is 0 Å². The van der Waals surface area contributed by atoms with E-state index in [-0.39, 0.29) is 11.2 Å². The highest BCUT2D eigenvalue weighted by molar-refractivity contribution is 9.10. The number of rotatable bonds is 3. The van der Waals surface area contributed by atoms with Crippen LogP contribution in [0.25, 0.3) is 0 Å². The lowest BCUT2D eigenvalue weighted by Crippen LogP contribution is -2.11. The highest BCUT2D eigenvalue weighted by atomic mass is 79.9. The van der Waals surface area contributed by atoms with Gasteiger partial charge in [0.1, 0.15) is 17.2 Å². The Bertz CT molecular complexity index is 703. The zero-order valence-corrected chi connectivity index (χ0v) is 14.8. The van der Waals surface area contributed by atoms with Crippen LogP contribution in [0.5, 0.6) is 11.5 Å². The standard InChI is InChI=1S/C18H20BrNO2/c1-18(2,3)13-9-12(17(21)14(19)10-13)11-20-15-7-5-6-8-16(15)22-4/h5-11,21H,1-4H3. The second-order valence-corrected chi connectivity index (χ2v) is 6.93. The molecule has 0 atom stereocenters. The second kappa shape index (κ2) is 6.53. The van der Waals surface area contributed by atoms with Crippen molar-refractivity contribution in [3.05, 3.63) is 52.0 Å². The van der Waals surface area contributed by atoms with Crippen LogP contribution in [-0.4, -0.2) is 18.4 Å². The molecule has 0 saturated heterocycles. The number of phenolic OH excluding ortho intramolecular Hbond substituents is 1. The fraction of sp³-hybridized carbons (Fsp3) is 0.278. The van der Waals surface area contributed by atoms with Crippen LogP contribution in [-0.2, 0) is 5.41 Å². The van der Waals surface area contributed by atoms with Gasteiger partial charge in [-0.3, -0.25) is 4.99 Å². The van der Waals surface area contributed by atoms with Gasteiger partial charge in [-0.15, -0.1) is 0 Å². The van der Waals surface area contributed by atoms with E-state index in [2.05, 4.69) is 41.7 Å². The lowest BCUT2D eigenvalue weighted by atomic mass is 9.86. The van der Waals surface area contributed by atoms with E-state index in [1.807, 2.05) is 36.4 Å². The summed E-state index contributed by atoms with van der Waals surface area (Å²) < 4.78 is 5.95. The number of benzene rings is 2. The van der Waals surface area contributed by atoms with Crippen molar-refractivity contribution in [1.82, 2.24) is 0 Å². The zero-order valence-electron chi connectivity index (χ0n) is 13.2. The highest BCUT2D eigenvalue weighted by Gasteiger charge is 2.17. The predicted octanol–water partition coefficient (Wildman–Crippen LogP) is 5.21. The van der Waals surface area contributed by atoms with Gasteiger partial charge < -0.3 is 9.84 Å². The molecular weight excluding hydrogens is 342 g/mol. The summed E-state index contributed by atoms with van der Waals surface area (Å²) in [6, 6.07) is 11.4. The minimum absolute atomic E-state index is 0.0107. The Hall–Kier alpha value is -1.81. The molecule has 0 spiro atoms. The summed E-state index contributed by atoms with van der Waals surface area (Å²) in [6.07, 6.45) is 1.66. The Balaban J connectivity index is 2.45. The molecule has 0 radical (unpaired) electrons. The van der Waals surface area contributed by atoms with Crippen molar-refractivity contribution in [3.8, 4) is 11.5 Å². The van der Waals surface area contributed by atoms with Crippen LogP contribution in [0.1, 0.15) is 31.9 Å². The first kappa shape index (κ1) is 16.6. The number of hydrogen-bond acceptors (Lipinski definition) is 3. The second-order valence-electron chi connectivity index (χ2n) is 6.08. The molecule has 0 saturated carbocycles. The summed E-state index contributed by atoms with van der Waals surface area (Å²) in [5, 5.41) is 10.2. The Labute approximate surface area is 139 Å². The molecule has 2 aromatic carbocycles. The molecule has 4 heteroatoms. The summed E-state index contributed by atoms with van der Waals surface area (Å²) in [6.45, 7) is 6.40. The van der Waals surface area contributed by atoms with Gasteiger partial charge in [-0.25, -0.2) is 0 Å². The third-order valence-corrected chi connectivity index (χ3v) is 3.99. The molecule has 2 aromatic rings. The van der Waals surface area contributed by atoms with Crippen molar-refractivity contribution in [2.24, 2.45) is 4.99 Å². The normalized spacial score (nSPS) is 11.9. The quantitative estimate of drug-likeness (QED) is 0.762. The maximum absolute atomic E-state index is 10.2. The van der Waals surface area contributed by atoms with Gasteiger partial charge in [0.2, 0.25) is 0 Å². The number of aliphatic imine (C=N–C) groups is 1. The number of aromatic hydroxyl groups is 1. The Morgan fingerprint density at radius 2 is 1.86 bits per heavy atom. The average molecular weight is 362 g/mol. The van der Waals surface area contributed by atoms with E-state index in [1.165, 1.54) is 0 Å². The molecule has 0 fully saturated rings. The fourth-order valence-corrected chi connectivity index (χ4v) is 2.50. The molecular formula is C18H20BrNO2. The molecule has 0 bridgehead atoms. The summed E-state index contributed by atoms with van der Waals surface area (Å²) in [4.78, 5) is 4.44. The Morgan fingerprint density at radius 1 is 1.18 bits per heavy atom. The van der Waals surface area contributed by atoms with Gasteiger partial charge in [0.15, 0.2) is 0 Å². The van der Waals surface area contributed by atoms with Crippen LogP contribution < -0.4 is 4.74 Å². The van der Waals surface area contributed by atoms with Gasteiger partial charge in [0.25, 0.3) is 0 Å². The monoisotopic (exact) mass is 361 g/mol. The molecule has 2 rings (SSSR count). The molecule has 0 aliphatic heterocycles. The number of ether oxygens (including phenoxy) is 1. The van der Waals surface area contributed by atoms with Crippen LogP contribution in [0.15, 0.2) is 45.9 Å². The van der Waals surface area contributed by atoms with Crippen molar-refractivity contribution in [3.63, 3.8) is 0 Å². The van der Waals surface area contributed by atoms with E-state index in [0.29, 0.717) is 15.8 Å². The topological polar surface area (TPSA) is 41.8 Å². The molecule has 116 valence electrons. The van der Waals surface area contributed by atoms with E-state index in [0.717, 1.165) is 11.3 Å². The number of para-hydroxylation sites is 2. The van der Waals surface area contributed by atoms with Gasteiger partial charge in [0, 0.05) is 11.8 Å². The average Bonchev–Trinajstić information content (AvgIpc) is 2.47. The highest BCUT2D eigenvalue weighted by Crippen LogP contribution is 2.34. The maximum Gasteiger partial charge on any atom is 0.144 e. The van der Waals surface area contributed by atoms with Gasteiger partial charge in [-0.1, -0.05) is 32.9 Å².